The Morgan fingerprint density at radius 2 is 0.889 bits per heavy atom. The molecule has 0 heterocycles. The van der Waals surface area contributed by atoms with Crippen LogP contribution < -0.4 is 0 Å². The summed E-state index contributed by atoms with van der Waals surface area (Å²) in [6, 6.07) is 32.2. The van der Waals surface area contributed by atoms with E-state index in [0.717, 1.165) is 0 Å². The average Bonchev–Trinajstić information content (AvgIpc) is 2.84. The van der Waals surface area contributed by atoms with Crippen molar-refractivity contribution in [1.29, 1.82) is 0 Å². The van der Waals surface area contributed by atoms with E-state index in [2.05, 4.69) is 100 Å². The standard InChI is InChI=1S/C18H15S.C4HF9O3S/c1-4-10-16(11-5-1)19(17-12-6-2-7-13-17)18-14-8-3-9-15-18;5-1(6,3(9,10)11)2(7,8)4(12,13)17-16-15-14/h1-15H;14H/q+1;. The van der Waals surface area contributed by atoms with E-state index in [1.807, 2.05) is 0 Å². The van der Waals surface area contributed by atoms with Crippen molar-refractivity contribution < 1.29 is 54.1 Å². The van der Waals surface area contributed by atoms with Gasteiger partial charge in [-0.05, 0) is 36.4 Å². The molecule has 0 bridgehead atoms. The van der Waals surface area contributed by atoms with Crippen molar-refractivity contribution in [1.82, 2.24) is 0 Å². The first kappa shape index (κ1) is 29.8. The zero-order valence-corrected chi connectivity index (χ0v) is 19.3. The summed E-state index contributed by atoms with van der Waals surface area (Å²) in [6.07, 6.45) is -6.90. The van der Waals surface area contributed by atoms with Crippen molar-refractivity contribution in [3.8, 4) is 0 Å². The number of rotatable bonds is 8. The lowest BCUT2D eigenvalue weighted by Crippen LogP contribution is -2.59. The highest BCUT2D eigenvalue weighted by atomic mass is 32.2. The van der Waals surface area contributed by atoms with Crippen molar-refractivity contribution in [2.24, 2.45) is 0 Å². The normalized spacial score (nSPS) is 12.8. The summed E-state index contributed by atoms with van der Waals surface area (Å²) in [5.74, 6) is -13.8. The Morgan fingerprint density at radius 3 is 1.17 bits per heavy atom. The van der Waals surface area contributed by atoms with E-state index in [4.69, 9.17) is 5.26 Å². The molecule has 14 heteroatoms. The van der Waals surface area contributed by atoms with E-state index in [0.29, 0.717) is 0 Å². The Hall–Kier alpha value is -2.39. The molecule has 3 rings (SSSR count). The topological polar surface area (TPSA) is 38.7 Å². The van der Waals surface area contributed by atoms with Gasteiger partial charge < -0.3 is 0 Å². The number of hydrogen-bond donors (Lipinski definition) is 1. The van der Waals surface area contributed by atoms with Crippen LogP contribution in [0.25, 0.3) is 0 Å². The SMILES string of the molecule is OOOSC(F)(F)C(F)(F)C(F)(F)C(F)(F)F.c1ccc([S+](c2ccccc2)c2ccccc2)cc1. The predicted octanol–water partition coefficient (Wildman–Crippen LogP) is 8.26. The number of halogens is 9. The molecule has 3 aromatic carbocycles. The Balaban J connectivity index is 0.000000256. The van der Waals surface area contributed by atoms with Gasteiger partial charge in [-0.2, -0.15) is 39.5 Å². The van der Waals surface area contributed by atoms with Gasteiger partial charge in [0.1, 0.15) is 12.0 Å². The lowest BCUT2D eigenvalue weighted by atomic mass is 10.1. The Bertz CT molecular complexity index is 961. The van der Waals surface area contributed by atoms with E-state index in [1.54, 1.807) is 0 Å². The van der Waals surface area contributed by atoms with E-state index < -0.39 is 35.3 Å². The average molecular weight is 563 g/mol. The second-order valence-corrected chi connectivity index (χ2v) is 9.48. The fraction of sp³-hybridized carbons (Fsp3) is 0.182. The molecule has 3 aromatic rings. The summed E-state index contributed by atoms with van der Waals surface area (Å²) in [5.41, 5.74) is 0. The summed E-state index contributed by atoms with van der Waals surface area (Å²) < 4.78 is 111. The molecule has 1 N–H and O–H groups in total. The zero-order chi connectivity index (χ0) is 27.0. The van der Waals surface area contributed by atoms with Crippen LogP contribution in [0.5, 0.6) is 0 Å². The van der Waals surface area contributed by atoms with Crippen molar-refractivity contribution in [2.45, 2.75) is 38.0 Å². The maximum Gasteiger partial charge on any atom is 0.460 e. The van der Waals surface area contributed by atoms with Crippen LogP contribution in [0, 0.1) is 0 Å². The fourth-order valence-electron chi connectivity index (χ4n) is 2.55. The monoisotopic (exact) mass is 563 g/mol. The maximum atomic E-state index is 12.3. The van der Waals surface area contributed by atoms with Gasteiger partial charge in [0.2, 0.25) is 0 Å². The Labute approximate surface area is 206 Å². The number of hydrogen-bond acceptors (Lipinski definition) is 4. The molecule has 0 aliphatic heterocycles. The van der Waals surface area contributed by atoms with Crippen LogP contribution in [0.1, 0.15) is 0 Å². The quantitative estimate of drug-likeness (QED) is 0.0985. The van der Waals surface area contributed by atoms with Crippen LogP contribution in [0.2, 0.25) is 0 Å². The van der Waals surface area contributed by atoms with Crippen LogP contribution in [0.3, 0.4) is 0 Å². The van der Waals surface area contributed by atoms with Crippen molar-refractivity contribution in [3.05, 3.63) is 91.0 Å². The lowest BCUT2D eigenvalue weighted by molar-refractivity contribution is -0.436. The van der Waals surface area contributed by atoms with Gasteiger partial charge in [0.25, 0.3) is 0 Å². The minimum Gasteiger partial charge on any atom is -0.220 e. The molecular formula is C22H16F9O3S2+. The van der Waals surface area contributed by atoms with Crippen LogP contribution >= 0.6 is 12.0 Å². The molecule has 0 aromatic heterocycles. The highest BCUT2D eigenvalue weighted by Gasteiger charge is 2.82. The van der Waals surface area contributed by atoms with Crippen LogP contribution in [0.4, 0.5) is 39.5 Å². The van der Waals surface area contributed by atoms with Crippen LogP contribution in [0.15, 0.2) is 106 Å². The second-order valence-electron chi connectivity index (χ2n) is 6.63. The first-order valence-corrected chi connectivity index (χ1v) is 11.5. The molecule has 0 aliphatic carbocycles. The summed E-state index contributed by atoms with van der Waals surface area (Å²) >= 11 is -1.91. The highest BCUT2D eigenvalue weighted by Crippen LogP contribution is 2.56. The molecule has 0 fully saturated rings. The van der Waals surface area contributed by atoms with Gasteiger partial charge in [-0.15, -0.1) is 4.33 Å². The molecule has 196 valence electrons. The van der Waals surface area contributed by atoms with Gasteiger partial charge in [0, 0.05) is 0 Å². The molecular weight excluding hydrogens is 547 g/mol. The highest BCUT2D eigenvalue weighted by molar-refractivity contribution is 7.97. The Morgan fingerprint density at radius 1 is 0.556 bits per heavy atom. The molecule has 0 spiro atoms. The summed E-state index contributed by atoms with van der Waals surface area (Å²) in [7, 11) is -0.0146. The van der Waals surface area contributed by atoms with Gasteiger partial charge in [-0.1, -0.05) is 59.6 Å². The molecule has 0 unspecified atom stereocenters. The minimum absolute atomic E-state index is 0.0146. The molecule has 0 amide bonds. The third-order valence-electron chi connectivity index (χ3n) is 4.22. The number of alkyl halides is 9. The third kappa shape index (κ3) is 6.88. The molecule has 0 radical (unpaired) electrons. The first-order chi connectivity index (χ1) is 16.8. The molecule has 0 saturated heterocycles. The summed E-state index contributed by atoms with van der Waals surface area (Å²) in [6.45, 7) is 0. The third-order valence-corrected chi connectivity index (χ3v) is 7.05. The van der Waals surface area contributed by atoms with E-state index in [1.165, 1.54) is 14.7 Å². The Kier molecular flexibility index (Phi) is 10.1. The molecule has 0 saturated carbocycles. The van der Waals surface area contributed by atoms with Crippen LogP contribution in [-0.4, -0.2) is 28.5 Å². The van der Waals surface area contributed by atoms with Crippen LogP contribution in [-0.2, 0) is 20.3 Å². The fourth-order valence-corrected chi connectivity index (χ4v) is 5.00. The smallest absolute Gasteiger partial charge is 0.220 e. The van der Waals surface area contributed by atoms with E-state index in [9.17, 15) is 39.5 Å². The molecule has 0 atom stereocenters. The largest absolute Gasteiger partial charge is 0.460 e. The van der Waals surface area contributed by atoms with Crippen molar-refractivity contribution in [3.63, 3.8) is 0 Å². The minimum atomic E-state index is -7.00. The summed E-state index contributed by atoms with van der Waals surface area (Å²) in [4.78, 5) is 4.08. The van der Waals surface area contributed by atoms with E-state index in [-0.39, 0.29) is 10.9 Å². The van der Waals surface area contributed by atoms with Crippen molar-refractivity contribution in [2.75, 3.05) is 0 Å². The zero-order valence-electron chi connectivity index (χ0n) is 17.6. The molecule has 3 nitrogen and oxygen atoms in total. The second kappa shape index (κ2) is 12.2. The van der Waals surface area contributed by atoms with Gasteiger partial charge in [0.05, 0.1) is 10.9 Å². The maximum absolute atomic E-state index is 12.3. The predicted molar refractivity (Wildman–Crippen MR) is 115 cm³/mol. The van der Waals surface area contributed by atoms with Gasteiger partial charge in [0.15, 0.2) is 14.7 Å². The first-order valence-electron chi connectivity index (χ1n) is 9.52. The summed E-state index contributed by atoms with van der Waals surface area (Å²) in [5, 5.41) is 3.72. The van der Waals surface area contributed by atoms with Gasteiger partial charge in [-0.3, -0.25) is 0 Å². The van der Waals surface area contributed by atoms with Gasteiger partial charge in [-0.25, -0.2) is 5.26 Å². The molecule has 0 aliphatic rings. The van der Waals surface area contributed by atoms with E-state index >= 15 is 0 Å². The lowest BCUT2D eigenvalue weighted by Gasteiger charge is -2.31. The number of benzene rings is 3. The van der Waals surface area contributed by atoms with Crippen molar-refractivity contribution >= 4 is 22.9 Å². The molecule has 36 heavy (non-hydrogen) atoms. The van der Waals surface area contributed by atoms with Gasteiger partial charge >= 0.3 is 23.3 Å².